The molecule has 8 rings (SSSR count). The number of hydrogen-bond acceptors (Lipinski definition) is 4. The first-order valence-corrected chi connectivity index (χ1v) is 35.6. The van der Waals surface area contributed by atoms with Crippen molar-refractivity contribution in [2.45, 2.75) is 251 Å². The molecule has 0 saturated carbocycles. The third-order valence-electron chi connectivity index (χ3n) is 18.7. The van der Waals surface area contributed by atoms with Crippen LogP contribution in [0, 0.1) is 23.2 Å². The fourth-order valence-electron chi connectivity index (χ4n) is 13.6. The second-order valence-electron chi connectivity index (χ2n) is 34.3. The van der Waals surface area contributed by atoms with Crippen LogP contribution < -0.4 is 9.80 Å². The molecular formula is C90H122N2O2. The highest BCUT2D eigenvalue weighted by molar-refractivity contribution is 5.56. The molecule has 4 heteroatoms. The molecule has 8 aromatic carbocycles. The van der Waals surface area contributed by atoms with Crippen molar-refractivity contribution in [3.05, 3.63) is 259 Å². The number of phenols is 2. The molecule has 0 aromatic heterocycles. The molecule has 2 N–H and O–H groups in total. The summed E-state index contributed by atoms with van der Waals surface area (Å²) in [5.41, 5.74) is 21.2. The van der Waals surface area contributed by atoms with Crippen molar-refractivity contribution in [2.24, 2.45) is 23.2 Å². The minimum Gasteiger partial charge on any atom is -0.507 e. The summed E-state index contributed by atoms with van der Waals surface area (Å²) in [6.07, 6.45) is 8.31. The molecule has 0 aliphatic rings. The predicted molar refractivity (Wildman–Crippen MR) is 408 cm³/mol. The third kappa shape index (κ3) is 22.3. The summed E-state index contributed by atoms with van der Waals surface area (Å²) in [4.78, 5) is 4.98. The van der Waals surface area contributed by atoms with Crippen LogP contribution in [0.25, 0.3) is 0 Å². The van der Waals surface area contributed by atoms with Crippen molar-refractivity contribution >= 4 is 11.4 Å². The quantitative estimate of drug-likeness (QED) is 0.0670. The summed E-state index contributed by atoms with van der Waals surface area (Å²) in [6, 6.07) is 65.9. The zero-order valence-corrected chi connectivity index (χ0v) is 62.5. The molecule has 504 valence electrons. The summed E-state index contributed by atoms with van der Waals surface area (Å²) in [5, 5.41) is 23.2. The molecule has 3 unspecified atom stereocenters. The van der Waals surface area contributed by atoms with Crippen LogP contribution in [0.4, 0.5) is 11.4 Å². The van der Waals surface area contributed by atoms with Gasteiger partial charge in [-0.25, -0.2) is 0 Å². The third-order valence-corrected chi connectivity index (χ3v) is 18.7. The smallest absolute Gasteiger partial charge is 0.124 e. The second kappa shape index (κ2) is 31.7. The highest BCUT2D eigenvalue weighted by Gasteiger charge is 2.29. The molecule has 0 heterocycles. The van der Waals surface area contributed by atoms with Crippen molar-refractivity contribution in [1.82, 2.24) is 0 Å². The monoisotopic (exact) mass is 1260 g/mol. The van der Waals surface area contributed by atoms with E-state index >= 15 is 0 Å². The molecule has 0 spiro atoms. The molecule has 0 saturated heterocycles. The highest BCUT2D eigenvalue weighted by Crippen LogP contribution is 2.42. The zero-order chi connectivity index (χ0) is 69.1. The number of rotatable bonds is 23. The minimum absolute atomic E-state index is 0.00134. The van der Waals surface area contributed by atoms with Crippen LogP contribution in [0.5, 0.6) is 11.5 Å². The van der Waals surface area contributed by atoms with E-state index in [1.54, 1.807) is 0 Å². The van der Waals surface area contributed by atoms with E-state index < -0.39 is 0 Å². The highest BCUT2D eigenvalue weighted by atomic mass is 16.3. The van der Waals surface area contributed by atoms with Gasteiger partial charge in [-0.2, -0.15) is 0 Å². The number of aromatic hydroxyl groups is 2. The summed E-state index contributed by atoms with van der Waals surface area (Å²) < 4.78 is 0. The fraction of sp³-hybridized carbons (Fsp3) is 0.467. The van der Waals surface area contributed by atoms with Gasteiger partial charge in [0.25, 0.3) is 0 Å². The zero-order valence-electron chi connectivity index (χ0n) is 62.5. The molecule has 0 aliphatic heterocycles. The lowest BCUT2D eigenvalue weighted by atomic mass is 9.78. The van der Waals surface area contributed by atoms with Crippen molar-refractivity contribution < 1.29 is 10.2 Å². The van der Waals surface area contributed by atoms with Crippen LogP contribution in [0.3, 0.4) is 0 Å². The Morgan fingerprint density at radius 1 is 0.330 bits per heavy atom. The molecule has 4 nitrogen and oxygen atoms in total. The second-order valence-corrected chi connectivity index (χ2v) is 34.3. The fourth-order valence-corrected chi connectivity index (χ4v) is 13.6. The van der Waals surface area contributed by atoms with Crippen LogP contribution in [0.1, 0.15) is 255 Å². The lowest BCUT2D eigenvalue weighted by Gasteiger charge is -2.34. The number of benzene rings is 8. The van der Waals surface area contributed by atoms with Gasteiger partial charge >= 0.3 is 0 Å². The number of phenolic OH excluding ortho intramolecular Hbond substituents is 2. The van der Waals surface area contributed by atoms with Gasteiger partial charge in [0.05, 0.1) is 0 Å². The van der Waals surface area contributed by atoms with Crippen LogP contribution >= 0.6 is 0 Å². The SMILES string of the molecule is CC(C)CC(C)N(Cc1cc(C(C)(C)C)cc(C(C)(C)C)c1O)c1ccc(Cc2ccc(CC(C)CC(C)(C)C)cc2)cc1.CC(C)CC(C)N(Cc1cc(C(C)(C)C)cc(C(C)(C)C)c1O)c1ccc(Cc2ccc(Cc3ccc(Cc4ccccc4)cc3)cc2)cc1. The van der Waals surface area contributed by atoms with Gasteiger partial charge in [-0.1, -0.05) is 278 Å². The number of anilines is 2. The molecule has 0 amide bonds. The van der Waals surface area contributed by atoms with Gasteiger partial charge in [-0.05, 0) is 219 Å². The van der Waals surface area contributed by atoms with Gasteiger partial charge in [-0.15, -0.1) is 0 Å². The maximum absolute atomic E-state index is 11.6. The topological polar surface area (TPSA) is 46.9 Å². The standard InChI is InChI=1S/C48H59NO.C42H63NO/c1-34(2)27-35(3)49(33-42-31-43(47(4,5)6)32-45(46(42)50)48(7,8)9)44-25-23-41(24-26-44)30-40-21-19-39(20-22-40)29-38-17-15-37(16-18-38)28-36-13-11-10-12-14-36;1-29(2)22-31(4)43(28-35-25-36(41(8,9)10)26-38(39(35)44)42(11,12)13)37-20-18-34(19-21-37)24-33-16-14-32(15-17-33)23-30(3)27-40(5,6)7/h10-26,31-32,34-35,50H,27-30,33H2,1-9H3;14-21,25-26,29-31,44H,22-24,27-28H2,1-13H3. The maximum Gasteiger partial charge on any atom is 0.124 e. The Morgan fingerprint density at radius 2 is 0.606 bits per heavy atom. The minimum atomic E-state index is -0.150. The summed E-state index contributed by atoms with van der Waals surface area (Å²) in [6.45, 7) is 51.2. The van der Waals surface area contributed by atoms with Gasteiger partial charge in [0.2, 0.25) is 0 Å². The average molecular weight is 1260 g/mol. The van der Waals surface area contributed by atoms with Crippen molar-refractivity contribution in [2.75, 3.05) is 9.80 Å². The molecule has 94 heavy (non-hydrogen) atoms. The Kier molecular flexibility index (Phi) is 25.1. The Bertz CT molecular complexity index is 3610. The first-order valence-electron chi connectivity index (χ1n) is 35.6. The molecule has 3 atom stereocenters. The Balaban J connectivity index is 0.000000268. The van der Waals surface area contributed by atoms with Crippen molar-refractivity contribution in [3.63, 3.8) is 0 Å². The molecule has 0 bridgehead atoms. The van der Waals surface area contributed by atoms with E-state index in [-0.39, 0.29) is 21.7 Å². The van der Waals surface area contributed by atoms with Crippen molar-refractivity contribution in [1.29, 1.82) is 0 Å². The largest absolute Gasteiger partial charge is 0.507 e. The van der Waals surface area contributed by atoms with E-state index in [1.807, 2.05) is 0 Å². The Morgan fingerprint density at radius 3 is 0.872 bits per heavy atom. The summed E-state index contributed by atoms with van der Waals surface area (Å²) in [7, 11) is 0. The van der Waals surface area contributed by atoms with E-state index in [2.05, 4.69) is 338 Å². The normalized spacial score (nSPS) is 13.4. The Labute approximate surface area is 572 Å². The predicted octanol–water partition coefficient (Wildman–Crippen LogP) is 23.8. The summed E-state index contributed by atoms with van der Waals surface area (Å²) >= 11 is 0. The van der Waals surface area contributed by atoms with Crippen LogP contribution in [-0.2, 0) is 66.9 Å². The van der Waals surface area contributed by atoms with Crippen molar-refractivity contribution in [3.8, 4) is 11.5 Å². The van der Waals surface area contributed by atoms with E-state index in [0.717, 1.165) is 67.2 Å². The van der Waals surface area contributed by atoms with Gasteiger partial charge in [0.15, 0.2) is 0 Å². The maximum atomic E-state index is 11.6. The van der Waals surface area contributed by atoms with E-state index in [0.29, 0.717) is 59.8 Å². The molecule has 0 aliphatic carbocycles. The number of hydrogen-bond donors (Lipinski definition) is 2. The molecule has 0 fully saturated rings. The van der Waals surface area contributed by atoms with Gasteiger partial charge < -0.3 is 20.0 Å². The lowest BCUT2D eigenvalue weighted by molar-refractivity contribution is 0.306. The van der Waals surface area contributed by atoms with Gasteiger partial charge in [0.1, 0.15) is 11.5 Å². The average Bonchev–Trinajstić information content (AvgIpc) is 0.787. The van der Waals surface area contributed by atoms with Gasteiger partial charge in [0, 0.05) is 47.7 Å². The van der Waals surface area contributed by atoms with Crippen LogP contribution in [0.2, 0.25) is 0 Å². The molecule has 8 aromatic rings. The lowest BCUT2D eigenvalue weighted by Crippen LogP contribution is -2.34. The van der Waals surface area contributed by atoms with E-state index in [9.17, 15) is 10.2 Å². The van der Waals surface area contributed by atoms with Gasteiger partial charge in [-0.3, -0.25) is 0 Å². The first kappa shape index (κ1) is 74.4. The van der Waals surface area contributed by atoms with Crippen LogP contribution in [0.15, 0.2) is 176 Å². The van der Waals surface area contributed by atoms with Crippen LogP contribution in [-0.4, -0.2) is 22.3 Å². The molecule has 0 radical (unpaired) electrons. The first-order chi connectivity index (χ1) is 43.9. The van der Waals surface area contributed by atoms with E-state index in [1.165, 1.54) is 79.0 Å². The summed E-state index contributed by atoms with van der Waals surface area (Å²) in [5.74, 6) is 2.74. The Hall–Kier alpha value is -7.04. The number of nitrogens with zero attached hydrogens (tertiary/aromatic N) is 2. The van der Waals surface area contributed by atoms with E-state index in [4.69, 9.17) is 0 Å². The molecular weight excluding hydrogens is 1140 g/mol.